The van der Waals surface area contributed by atoms with Crippen LogP contribution in [0, 0.1) is 5.41 Å². The quantitative estimate of drug-likeness (QED) is 0.672. The Labute approximate surface area is 81.2 Å². The molecule has 1 atom stereocenters. The lowest BCUT2D eigenvalue weighted by Crippen LogP contribution is -2.09. The molecule has 1 heterocycles. The molecule has 1 heteroatoms. The maximum absolute atomic E-state index is 4.02. The van der Waals surface area contributed by atoms with E-state index in [1.54, 1.807) is 0 Å². The lowest BCUT2D eigenvalue weighted by Gasteiger charge is -2.23. The van der Waals surface area contributed by atoms with Crippen molar-refractivity contribution in [1.29, 1.82) is 0 Å². The van der Waals surface area contributed by atoms with Gasteiger partial charge in [0.05, 0.1) is 0 Å². The van der Waals surface area contributed by atoms with E-state index < -0.39 is 0 Å². The monoisotopic (exact) mass is 177 g/mol. The summed E-state index contributed by atoms with van der Waals surface area (Å²) in [6, 6.07) is 4.22. The van der Waals surface area contributed by atoms with Crippen LogP contribution >= 0.6 is 0 Å². The van der Waals surface area contributed by atoms with Gasteiger partial charge in [0.1, 0.15) is 0 Å². The number of aromatic nitrogens is 1. The second-order valence-electron chi connectivity index (χ2n) is 4.95. The highest BCUT2D eigenvalue weighted by molar-refractivity contribution is 5.14. The van der Waals surface area contributed by atoms with Crippen molar-refractivity contribution in [2.24, 2.45) is 5.41 Å². The number of nitrogens with zero attached hydrogens (tertiary/aromatic N) is 1. The fourth-order valence-electron chi connectivity index (χ4n) is 1.73. The standard InChI is InChI=1S/C12H19N/c1-10(9-12(2,3)4)11-5-7-13-8-6-11/h5-8,10H,9H2,1-4H3. The van der Waals surface area contributed by atoms with Crippen LogP contribution in [0.25, 0.3) is 0 Å². The first-order chi connectivity index (χ1) is 5.99. The Bertz CT molecular complexity index is 246. The lowest BCUT2D eigenvalue weighted by molar-refractivity contribution is 0.349. The van der Waals surface area contributed by atoms with E-state index in [0.29, 0.717) is 11.3 Å². The highest BCUT2D eigenvalue weighted by Gasteiger charge is 2.15. The van der Waals surface area contributed by atoms with E-state index in [1.165, 1.54) is 12.0 Å². The highest BCUT2D eigenvalue weighted by Crippen LogP contribution is 2.30. The van der Waals surface area contributed by atoms with Crippen LogP contribution in [0.1, 0.15) is 45.6 Å². The molecule has 13 heavy (non-hydrogen) atoms. The summed E-state index contributed by atoms with van der Waals surface area (Å²) in [5.41, 5.74) is 1.80. The first-order valence-electron chi connectivity index (χ1n) is 4.89. The smallest absolute Gasteiger partial charge is 0.0270 e. The van der Waals surface area contributed by atoms with Crippen LogP contribution in [0.3, 0.4) is 0 Å². The van der Waals surface area contributed by atoms with Crippen molar-refractivity contribution < 1.29 is 0 Å². The molecule has 0 saturated carbocycles. The van der Waals surface area contributed by atoms with E-state index in [2.05, 4.69) is 44.8 Å². The second kappa shape index (κ2) is 3.91. The minimum absolute atomic E-state index is 0.405. The van der Waals surface area contributed by atoms with Crippen LogP contribution in [-0.4, -0.2) is 4.98 Å². The zero-order valence-electron chi connectivity index (χ0n) is 9.04. The number of pyridine rings is 1. The van der Waals surface area contributed by atoms with Crippen LogP contribution in [0.5, 0.6) is 0 Å². The lowest BCUT2D eigenvalue weighted by atomic mass is 9.83. The SMILES string of the molecule is CC(CC(C)(C)C)c1ccncc1. The predicted octanol–water partition coefficient (Wildman–Crippen LogP) is 3.62. The Morgan fingerprint density at radius 1 is 1.23 bits per heavy atom. The molecule has 1 aromatic heterocycles. The summed E-state index contributed by atoms with van der Waals surface area (Å²) in [6.07, 6.45) is 4.96. The maximum Gasteiger partial charge on any atom is 0.0270 e. The van der Waals surface area contributed by atoms with E-state index in [1.807, 2.05) is 12.4 Å². The van der Waals surface area contributed by atoms with E-state index >= 15 is 0 Å². The fourth-order valence-corrected chi connectivity index (χ4v) is 1.73. The Morgan fingerprint density at radius 3 is 2.23 bits per heavy atom. The molecule has 0 N–H and O–H groups in total. The van der Waals surface area contributed by atoms with Gasteiger partial charge in [-0.3, -0.25) is 4.98 Å². The Kier molecular flexibility index (Phi) is 3.07. The Balaban J connectivity index is 2.64. The molecule has 0 radical (unpaired) electrons. The molecule has 1 unspecified atom stereocenters. The van der Waals surface area contributed by atoms with Crippen LogP contribution in [0.15, 0.2) is 24.5 Å². The van der Waals surface area contributed by atoms with E-state index in [0.717, 1.165) is 0 Å². The topological polar surface area (TPSA) is 12.9 Å². The van der Waals surface area contributed by atoms with Gasteiger partial charge in [0, 0.05) is 12.4 Å². The van der Waals surface area contributed by atoms with Gasteiger partial charge < -0.3 is 0 Å². The van der Waals surface area contributed by atoms with Gasteiger partial charge in [0.25, 0.3) is 0 Å². The molecule has 0 amide bonds. The molecule has 0 saturated heterocycles. The molecule has 0 aliphatic heterocycles. The van der Waals surface area contributed by atoms with Crippen molar-refractivity contribution in [3.63, 3.8) is 0 Å². The summed E-state index contributed by atoms with van der Waals surface area (Å²) in [4.78, 5) is 4.02. The summed E-state index contributed by atoms with van der Waals surface area (Å²) in [7, 11) is 0. The molecule has 1 nitrogen and oxygen atoms in total. The maximum atomic E-state index is 4.02. The van der Waals surface area contributed by atoms with E-state index in [9.17, 15) is 0 Å². The largest absolute Gasteiger partial charge is 0.265 e. The number of hydrogen-bond donors (Lipinski definition) is 0. The van der Waals surface area contributed by atoms with Crippen molar-refractivity contribution in [2.45, 2.75) is 40.0 Å². The molecule has 1 aromatic rings. The van der Waals surface area contributed by atoms with E-state index in [4.69, 9.17) is 0 Å². The summed E-state index contributed by atoms with van der Waals surface area (Å²) in [6.45, 7) is 9.13. The first-order valence-corrected chi connectivity index (χ1v) is 4.89. The molecule has 0 aromatic carbocycles. The molecular formula is C12H19N. The molecule has 0 fully saturated rings. The molecule has 0 spiro atoms. The molecular weight excluding hydrogens is 158 g/mol. The van der Waals surface area contributed by atoms with Gasteiger partial charge >= 0.3 is 0 Å². The van der Waals surface area contributed by atoms with Gasteiger partial charge in [-0.1, -0.05) is 27.7 Å². The summed E-state index contributed by atoms with van der Waals surface area (Å²) in [5, 5.41) is 0. The molecule has 0 aliphatic carbocycles. The van der Waals surface area contributed by atoms with Crippen LogP contribution in [0.4, 0.5) is 0 Å². The van der Waals surface area contributed by atoms with Gasteiger partial charge in [-0.2, -0.15) is 0 Å². The third-order valence-corrected chi connectivity index (χ3v) is 2.19. The van der Waals surface area contributed by atoms with Crippen molar-refractivity contribution in [2.75, 3.05) is 0 Å². The van der Waals surface area contributed by atoms with Crippen LogP contribution in [-0.2, 0) is 0 Å². The van der Waals surface area contributed by atoms with Crippen molar-refractivity contribution >= 4 is 0 Å². The van der Waals surface area contributed by atoms with Gasteiger partial charge in [-0.05, 0) is 35.4 Å². The third kappa shape index (κ3) is 3.58. The summed E-state index contributed by atoms with van der Waals surface area (Å²) in [5.74, 6) is 0.628. The van der Waals surface area contributed by atoms with Gasteiger partial charge in [-0.15, -0.1) is 0 Å². The first kappa shape index (κ1) is 10.2. The molecule has 72 valence electrons. The Hall–Kier alpha value is -0.850. The Morgan fingerprint density at radius 2 is 1.77 bits per heavy atom. The second-order valence-corrected chi connectivity index (χ2v) is 4.95. The van der Waals surface area contributed by atoms with Crippen molar-refractivity contribution in [1.82, 2.24) is 4.98 Å². The zero-order valence-corrected chi connectivity index (χ0v) is 9.04. The average molecular weight is 177 g/mol. The number of rotatable bonds is 2. The average Bonchev–Trinajstić information content (AvgIpc) is 2.03. The van der Waals surface area contributed by atoms with Crippen LogP contribution < -0.4 is 0 Å². The highest BCUT2D eigenvalue weighted by atomic mass is 14.6. The molecule has 1 rings (SSSR count). The summed E-state index contributed by atoms with van der Waals surface area (Å²) >= 11 is 0. The third-order valence-electron chi connectivity index (χ3n) is 2.19. The normalized spacial score (nSPS) is 14.2. The van der Waals surface area contributed by atoms with Gasteiger partial charge in [-0.25, -0.2) is 0 Å². The van der Waals surface area contributed by atoms with E-state index in [-0.39, 0.29) is 0 Å². The molecule has 0 bridgehead atoms. The minimum Gasteiger partial charge on any atom is -0.265 e. The molecule has 0 aliphatic rings. The van der Waals surface area contributed by atoms with Crippen LogP contribution in [0.2, 0.25) is 0 Å². The van der Waals surface area contributed by atoms with Crippen molar-refractivity contribution in [3.8, 4) is 0 Å². The number of hydrogen-bond acceptors (Lipinski definition) is 1. The zero-order chi connectivity index (χ0) is 9.90. The van der Waals surface area contributed by atoms with Crippen molar-refractivity contribution in [3.05, 3.63) is 30.1 Å². The van der Waals surface area contributed by atoms with Gasteiger partial charge in [0.15, 0.2) is 0 Å². The minimum atomic E-state index is 0.405. The predicted molar refractivity (Wildman–Crippen MR) is 56.7 cm³/mol. The van der Waals surface area contributed by atoms with Gasteiger partial charge in [0.2, 0.25) is 0 Å². The fraction of sp³-hybridized carbons (Fsp3) is 0.583. The summed E-state index contributed by atoms with van der Waals surface area (Å²) < 4.78 is 0.